The summed E-state index contributed by atoms with van der Waals surface area (Å²) in [7, 11) is 0. The predicted molar refractivity (Wildman–Crippen MR) is 343 cm³/mol. The van der Waals surface area contributed by atoms with E-state index in [9.17, 15) is 107 Å². The van der Waals surface area contributed by atoms with Crippen LogP contribution in [0.3, 0.4) is 0 Å². The number of benzene rings is 2. The fourth-order valence-electron chi connectivity index (χ4n) is 11.1. The second-order valence-electron chi connectivity index (χ2n) is 24.7. The van der Waals surface area contributed by atoms with Gasteiger partial charge < -0.3 is 94.4 Å². The third kappa shape index (κ3) is 26.0. The molecule has 34 heteroatoms. The van der Waals surface area contributed by atoms with E-state index in [0.717, 1.165) is 9.80 Å². The van der Waals surface area contributed by atoms with E-state index in [1.54, 1.807) is 58.0 Å². The first-order valence-corrected chi connectivity index (χ1v) is 32.2. The van der Waals surface area contributed by atoms with Crippen molar-refractivity contribution < 1.29 is 107 Å². The van der Waals surface area contributed by atoms with Gasteiger partial charge in [-0.05, 0) is 92.9 Å². The lowest BCUT2D eigenvalue weighted by Gasteiger charge is -2.34. The molecule has 4 rings (SSSR count). The summed E-state index contributed by atoms with van der Waals surface area (Å²) in [6, 6.07) is -3.45. The molecule has 98 heavy (non-hydrogen) atoms. The van der Waals surface area contributed by atoms with Crippen LogP contribution in [0.1, 0.15) is 135 Å². The van der Waals surface area contributed by atoms with Crippen LogP contribution in [0, 0.1) is 11.8 Å². The highest BCUT2D eigenvalue weighted by Crippen LogP contribution is 2.25. The monoisotopic (exact) mass is 1380 g/mol. The van der Waals surface area contributed by atoms with Crippen molar-refractivity contribution in [2.45, 2.75) is 203 Å². The average molecular weight is 1380 g/mol. The predicted octanol–water partition coefficient (Wildman–Crippen LogP) is -2.12. The SMILES string of the molecule is CCC(C)C(NC(=O)C1CCCN1C(=O)C(CCC(=O)O)NC(=O)C(Cc1ccccc1)NC(=O)C(N)CC(=O)O)C(=O)N1CCCC1C(=O)NC(CCC(=O)O)C(=O)NC(CCC(=O)O)C(=O)NC(Cc1ccc(O)cc1)C(=O)NC(CC(C)C)C(=O)NC(CCC(N)=O)C(=O)O. The summed E-state index contributed by atoms with van der Waals surface area (Å²) < 4.78 is 0. The van der Waals surface area contributed by atoms with Gasteiger partial charge in [0.2, 0.25) is 65.0 Å². The number of carboxylic acids is 5. The highest BCUT2D eigenvalue weighted by molar-refractivity contribution is 6.00. The van der Waals surface area contributed by atoms with Crippen molar-refractivity contribution in [2.75, 3.05) is 13.1 Å². The van der Waals surface area contributed by atoms with E-state index >= 15 is 0 Å². The lowest BCUT2D eigenvalue weighted by molar-refractivity contribution is -0.146. The fraction of sp³-hybridized carbons (Fsp3) is 0.562. The number of carboxylic acid groups (broad SMARTS) is 5. The van der Waals surface area contributed by atoms with E-state index in [2.05, 4.69) is 42.5 Å². The molecular formula is C64H90N12O22. The van der Waals surface area contributed by atoms with Crippen molar-refractivity contribution in [1.82, 2.24) is 52.3 Å². The lowest BCUT2D eigenvalue weighted by Crippen LogP contribution is -2.61. The summed E-state index contributed by atoms with van der Waals surface area (Å²) in [4.78, 5) is 215. The topological polar surface area (TPSA) is 549 Å². The maximum Gasteiger partial charge on any atom is 0.326 e. The van der Waals surface area contributed by atoms with Crippen molar-refractivity contribution in [1.29, 1.82) is 0 Å². The van der Waals surface area contributed by atoms with Crippen LogP contribution in [0.5, 0.6) is 5.75 Å². The van der Waals surface area contributed by atoms with Gasteiger partial charge in [0.25, 0.3) is 0 Å². The second-order valence-corrected chi connectivity index (χ2v) is 24.7. The molecule has 0 bridgehead atoms. The molecule has 0 saturated carbocycles. The Morgan fingerprint density at radius 1 is 0.480 bits per heavy atom. The van der Waals surface area contributed by atoms with Crippen LogP contribution < -0.4 is 54.0 Å². The van der Waals surface area contributed by atoms with Gasteiger partial charge >= 0.3 is 29.8 Å². The zero-order valence-electron chi connectivity index (χ0n) is 54.9. The molecule has 2 aliphatic heterocycles. The number of aliphatic carboxylic acids is 5. The minimum atomic E-state index is -1.84. The van der Waals surface area contributed by atoms with Crippen molar-refractivity contribution in [3.63, 3.8) is 0 Å². The van der Waals surface area contributed by atoms with Crippen LogP contribution >= 0.6 is 0 Å². The minimum absolute atomic E-state index is 0.0192. The second kappa shape index (κ2) is 39.1. The summed E-state index contributed by atoms with van der Waals surface area (Å²) in [5.41, 5.74) is 11.8. The number of rotatable bonds is 41. The van der Waals surface area contributed by atoms with E-state index in [1.165, 1.54) is 24.3 Å². The molecule has 2 aromatic rings. The Morgan fingerprint density at radius 2 is 0.888 bits per heavy atom. The Hall–Kier alpha value is -10.3. The molecule has 11 amide bonds. The van der Waals surface area contributed by atoms with Gasteiger partial charge in [-0.3, -0.25) is 71.9 Å². The third-order valence-electron chi connectivity index (χ3n) is 16.6. The van der Waals surface area contributed by atoms with Crippen LogP contribution in [0.15, 0.2) is 54.6 Å². The molecular weight excluding hydrogens is 1290 g/mol. The Bertz CT molecular complexity index is 3210. The standard InChI is InChI=1S/C64H90N12O22/c1-5-34(4)53(74-61(94)47-14-9-27-75(47)62(95)41(22-26-51(83)84)69-58(91)44(30-35-11-7-6-8-12-35)71-54(87)38(65)32-52(85)86)63(96)76-28-10-13-46(76)60(93)68-40(21-25-50(81)82)55(88)67-39(20-24-49(79)80)56(89)73-45(31-36-15-17-37(77)18-16-36)59(92)72-43(29-33(2)3)57(90)70-42(64(97)98)19-23-48(66)78/h6-8,11-12,15-18,33-34,38-47,53,77H,5,9-10,13-14,19-32,65H2,1-4H3,(H2,66,78)(H,67,88)(H,68,93)(H,69,91)(H,70,90)(H,71,87)(H,72,92)(H,73,89)(H,74,94)(H,79,80)(H,81,82)(H,83,84)(H,85,86)(H,97,98). The van der Waals surface area contributed by atoms with Crippen LogP contribution in [0.2, 0.25) is 0 Å². The van der Waals surface area contributed by atoms with Gasteiger partial charge in [-0.1, -0.05) is 76.6 Å². The van der Waals surface area contributed by atoms with Crippen LogP contribution in [-0.4, -0.2) is 215 Å². The summed E-state index contributed by atoms with van der Waals surface area (Å²) in [5, 5.41) is 77.9. The zero-order chi connectivity index (χ0) is 73.1. The van der Waals surface area contributed by atoms with E-state index in [-0.39, 0.29) is 76.1 Å². The molecule has 34 nitrogen and oxygen atoms in total. The van der Waals surface area contributed by atoms with Crippen molar-refractivity contribution >= 4 is 94.8 Å². The van der Waals surface area contributed by atoms with Crippen LogP contribution in [0.25, 0.3) is 0 Å². The number of amides is 11. The number of hydrogen-bond donors (Lipinski definition) is 16. The van der Waals surface area contributed by atoms with Crippen LogP contribution in [-0.2, 0) is 89.6 Å². The molecule has 2 heterocycles. The molecule has 0 aromatic heterocycles. The average Bonchev–Trinajstić information content (AvgIpc) is 1.48. The molecule has 12 atom stereocenters. The number of phenols is 1. The van der Waals surface area contributed by atoms with Gasteiger partial charge in [-0.15, -0.1) is 0 Å². The Balaban J connectivity index is 1.59. The van der Waals surface area contributed by atoms with Gasteiger partial charge in [0, 0.05) is 51.6 Å². The highest BCUT2D eigenvalue weighted by Gasteiger charge is 2.44. The fourth-order valence-corrected chi connectivity index (χ4v) is 11.1. The number of nitrogens with one attached hydrogen (secondary N) is 8. The molecule has 0 radical (unpaired) electrons. The maximum atomic E-state index is 14.8. The number of primary amides is 1. The minimum Gasteiger partial charge on any atom is -0.508 e. The molecule has 0 spiro atoms. The van der Waals surface area contributed by atoms with Gasteiger partial charge in [0.05, 0.1) is 12.5 Å². The van der Waals surface area contributed by atoms with Gasteiger partial charge in [0.1, 0.15) is 66.2 Å². The normalized spacial score (nSPS) is 17.3. The van der Waals surface area contributed by atoms with E-state index in [1.807, 2.05) is 0 Å². The Labute approximate surface area is 563 Å². The van der Waals surface area contributed by atoms with Crippen molar-refractivity contribution in [2.24, 2.45) is 23.3 Å². The largest absolute Gasteiger partial charge is 0.508 e. The summed E-state index contributed by atoms with van der Waals surface area (Å²) in [6.45, 7) is 6.58. The Kier molecular flexibility index (Phi) is 31.9. The smallest absolute Gasteiger partial charge is 0.326 e. The Morgan fingerprint density at radius 3 is 1.37 bits per heavy atom. The quantitative estimate of drug-likeness (QED) is 0.0338. The number of hydrogen-bond acceptors (Lipinski definition) is 18. The summed E-state index contributed by atoms with van der Waals surface area (Å²) in [5.74, 6) is -19.0. The van der Waals surface area contributed by atoms with Gasteiger partial charge in [0.15, 0.2) is 0 Å². The number of aromatic hydroxyl groups is 1. The molecule has 538 valence electrons. The van der Waals surface area contributed by atoms with Crippen molar-refractivity contribution in [3.8, 4) is 5.75 Å². The summed E-state index contributed by atoms with van der Waals surface area (Å²) >= 11 is 0. The first kappa shape index (κ1) is 80.2. The van der Waals surface area contributed by atoms with E-state index < -0.39 is 225 Å². The number of carbonyl (C=O) groups excluding carboxylic acids is 11. The van der Waals surface area contributed by atoms with Gasteiger partial charge in [-0.2, -0.15) is 0 Å². The van der Waals surface area contributed by atoms with Crippen LogP contribution in [0.4, 0.5) is 0 Å². The zero-order valence-corrected chi connectivity index (χ0v) is 54.9. The molecule has 18 N–H and O–H groups in total. The molecule has 2 saturated heterocycles. The number of carbonyl (C=O) groups is 16. The maximum absolute atomic E-state index is 14.8. The van der Waals surface area contributed by atoms with Gasteiger partial charge in [-0.25, -0.2) is 4.79 Å². The first-order valence-electron chi connectivity index (χ1n) is 32.2. The van der Waals surface area contributed by atoms with Crippen molar-refractivity contribution in [3.05, 3.63) is 65.7 Å². The lowest BCUT2D eigenvalue weighted by atomic mass is 9.96. The molecule has 2 fully saturated rings. The first-order chi connectivity index (χ1) is 46.2. The number of nitrogens with two attached hydrogens (primary N) is 2. The summed E-state index contributed by atoms with van der Waals surface area (Å²) in [6.07, 6.45) is -5.46. The van der Waals surface area contributed by atoms with E-state index in [0.29, 0.717) is 11.1 Å². The molecule has 12 unspecified atom stereocenters. The number of likely N-dealkylation sites (tertiary alicyclic amines) is 2. The number of phenolic OH excluding ortho intramolecular Hbond substituents is 1. The molecule has 2 aliphatic rings. The van der Waals surface area contributed by atoms with E-state index in [4.69, 9.17) is 11.5 Å². The molecule has 2 aromatic carbocycles. The third-order valence-corrected chi connectivity index (χ3v) is 16.6. The highest BCUT2D eigenvalue weighted by atomic mass is 16.4. The molecule has 0 aliphatic carbocycles. The number of nitrogens with zero attached hydrogens (tertiary/aromatic N) is 2.